The van der Waals surface area contributed by atoms with Gasteiger partial charge in [-0.25, -0.2) is 0 Å². The second-order valence-electron chi connectivity index (χ2n) is 3.16. The van der Waals surface area contributed by atoms with Crippen LogP contribution in [0.15, 0.2) is 30.5 Å². The zero-order valence-electron chi connectivity index (χ0n) is 7.74. The Kier molecular flexibility index (Phi) is 2.95. The Morgan fingerprint density at radius 3 is 2.60 bits per heavy atom. The quantitative estimate of drug-likeness (QED) is 0.850. The molecule has 1 aromatic carbocycles. The van der Waals surface area contributed by atoms with Gasteiger partial charge >= 0.3 is 0 Å². The lowest BCUT2D eigenvalue weighted by atomic mass is 10.1. The third-order valence-electron chi connectivity index (χ3n) is 2.16. The first-order chi connectivity index (χ1) is 7.18. The van der Waals surface area contributed by atoms with Gasteiger partial charge in [-0.2, -0.15) is 5.10 Å². The minimum atomic E-state index is -0.262. The summed E-state index contributed by atoms with van der Waals surface area (Å²) in [6.07, 6.45) is 1.66. The van der Waals surface area contributed by atoms with Crippen molar-refractivity contribution in [1.29, 1.82) is 0 Å². The van der Waals surface area contributed by atoms with Crippen LogP contribution >= 0.6 is 23.2 Å². The molecule has 3 N–H and O–H groups in total. The van der Waals surface area contributed by atoms with Crippen molar-refractivity contribution < 1.29 is 0 Å². The number of nitrogens with two attached hydrogens (primary N) is 1. The molecule has 0 spiro atoms. The van der Waals surface area contributed by atoms with Gasteiger partial charge in [-0.3, -0.25) is 5.10 Å². The fraction of sp³-hybridized carbons (Fsp3) is 0.100. The summed E-state index contributed by atoms with van der Waals surface area (Å²) in [5, 5.41) is 7.69. The molecule has 1 heterocycles. The van der Waals surface area contributed by atoms with Crippen molar-refractivity contribution in [3.05, 3.63) is 51.8 Å². The normalized spacial score (nSPS) is 12.7. The van der Waals surface area contributed by atoms with Crippen LogP contribution in [0.3, 0.4) is 0 Å². The van der Waals surface area contributed by atoms with E-state index in [0.29, 0.717) is 10.0 Å². The maximum atomic E-state index is 6.01. The first kappa shape index (κ1) is 10.5. The first-order valence-electron chi connectivity index (χ1n) is 4.38. The highest BCUT2D eigenvalue weighted by Crippen LogP contribution is 2.26. The Morgan fingerprint density at radius 1 is 1.20 bits per heavy atom. The molecule has 0 amide bonds. The summed E-state index contributed by atoms with van der Waals surface area (Å²) in [6, 6.07) is 6.90. The fourth-order valence-corrected chi connectivity index (χ4v) is 1.63. The van der Waals surface area contributed by atoms with Crippen LogP contribution in [0.25, 0.3) is 0 Å². The number of aromatic amines is 1. The molecule has 0 saturated heterocycles. The van der Waals surface area contributed by atoms with Crippen LogP contribution in [-0.2, 0) is 0 Å². The van der Waals surface area contributed by atoms with Crippen LogP contribution in [0.1, 0.15) is 17.3 Å². The average molecular weight is 242 g/mol. The van der Waals surface area contributed by atoms with Crippen LogP contribution in [0.5, 0.6) is 0 Å². The fourth-order valence-electron chi connectivity index (χ4n) is 1.33. The predicted octanol–water partition coefficient (Wildman–Crippen LogP) is 2.76. The highest BCUT2D eigenvalue weighted by atomic mass is 35.5. The Bertz CT molecular complexity index is 454. The van der Waals surface area contributed by atoms with Gasteiger partial charge in [0.1, 0.15) is 0 Å². The van der Waals surface area contributed by atoms with E-state index in [2.05, 4.69) is 10.2 Å². The van der Waals surface area contributed by atoms with Crippen molar-refractivity contribution in [3.8, 4) is 0 Å². The molecule has 1 atom stereocenters. The average Bonchev–Trinajstić information content (AvgIpc) is 2.74. The van der Waals surface area contributed by atoms with E-state index >= 15 is 0 Å². The van der Waals surface area contributed by atoms with Gasteiger partial charge < -0.3 is 5.73 Å². The monoisotopic (exact) mass is 241 g/mol. The molecular weight excluding hydrogens is 233 g/mol. The number of halogens is 2. The van der Waals surface area contributed by atoms with Gasteiger partial charge in [0.15, 0.2) is 0 Å². The van der Waals surface area contributed by atoms with Crippen molar-refractivity contribution in [2.24, 2.45) is 5.73 Å². The molecule has 0 radical (unpaired) electrons. The van der Waals surface area contributed by atoms with Gasteiger partial charge in [-0.1, -0.05) is 29.3 Å². The molecular formula is C10H9Cl2N3. The Hall–Kier alpha value is -1.03. The van der Waals surface area contributed by atoms with E-state index in [0.717, 1.165) is 11.3 Å². The van der Waals surface area contributed by atoms with E-state index in [9.17, 15) is 0 Å². The van der Waals surface area contributed by atoms with E-state index in [-0.39, 0.29) is 6.04 Å². The molecule has 1 aromatic heterocycles. The van der Waals surface area contributed by atoms with Crippen LogP contribution in [0.2, 0.25) is 10.0 Å². The van der Waals surface area contributed by atoms with E-state index in [1.807, 2.05) is 12.1 Å². The van der Waals surface area contributed by atoms with Gasteiger partial charge in [-0.15, -0.1) is 0 Å². The lowest BCUT2D eigenvalue weighted by Gasteiger charge is -2.10. The smallest absolute Gasteiger partial charge is 0.0721 e. The molecule has 0 saturated carbocycles. The predicted molar refractivity (Wildman–Crippen MR) is 61.1 cm³/mol. The summed E-state index contributed by atoms with van der Waals surface area (Å²) in [7, 11) is 0. The largest absolute Gasteiger partial charge is 0.319 e. The van der Waals surface area contributed by atoms with E-state index in [4.69, 9.17) is 28.9 Å². The van der Waals surface area contributed by atoms with E-state index < -0.39 is 0 Å². The molecule has 0 aliphatic rings. The number of nitrogens with one attached hydrogen (secondary N) is 1. The summed E-state index contributed by atoms with van der Waals surface area (Å²) < 4.78 is 0. The summed E-state index contributed by atoms with van der Waals surface area (Å²) in [5.41, 5.74) is 7.74. The summed E-state index contributed by atoms with van der Waals surface area (Å²) in [6.45, 7) is 0. The number of nitrogens with zero attached hydrogens (tertiary/aromatic N) is 1. The number of hydrogen-bond donors (Lipinski definition) is 2. The van der Waals surface area contributed by atoms with Crippen molar-refractivity contribution in [1.82, 2.24) is 10.2 Å². The molecule has 2 aromatic rings. The van der Waals surface area contributed by atoms with E-state index in [1.54, 1.807) is 18.3 Å². The van der Waals surface area contributed by atoms with Gasteiger partial charge in [0.05, 0.1) is 21.8 Å². The Morgan fingerprint density at radius 2 is 2.00 bits per heavy atom. The number of H-pyrrole nitrogens is 1. The van der Waals surface area contributed by atoms with Gasteiger partial charge in [0.25, 0.3) is 0 Å². The Balaban J connectivity index is 2.34. The van der Waals surface area contributed by atoms with Crippen molar-refractivity contribution in [2.75, 3.05) is 0 Å². The molecule has 0 unspecified atom stereocenters. The topological polar surface area (TPSA) is 54.7 Å². The van der Waals surface area contributed by atoms with Crippen LogP contribution in [-0.4, -0.2) is 10.2 Å². The number of rotatable bonds is 2. The lowest BCUT2D eigenvalue weighted by molar-refractivity contribution is 0.816. The van der Waals surface area contributed by atoms with Crippen LogP contribution in [0.4, 0.5) is 0 Å². The number of benzene rings is 1. The zero-order valence-corrected chi connectivity index (χ0v) is 9.26. The highest BCUT2D eigenvalue weighted by Gasteiger charge is 2.11. The summed E-state index contributed by atoms with van der Waals surface area (Å²) in [5.74, 6) is 0. The van der Waals surface area contributed by atoms with Gasteiger partial charge in [0.2, 0.25) is 0 Å². The minimum Gasteiger partial charge on any atom is -0.319 e. The van der Waals surface area contributed by atoms with E-state index in [1.165, 1.54) is 0 Å². The van der Waals surface area contributed by atoms with Gasteiger partial charge in [0, 0.05) is 6.20 Å². The minimum absolute atomic E-state index is 0.262. The van der Waals surface area contributed by atoms with Gasteiger partial charge in [-0.05, 0) is 23.8 Å². The standard InChI is InChI=1S/C10H9Cl2N3/c11-7-2-1-6(5-8(7)12)10(13)9-3-4-14-15-9/h1-5,10H,13H2,(H,14,15)/t10-/m1/s1. The first-order valence-corrected chi connectivity index (χ1v) is 5.14. The third-order valence-corrected chi connectivity index (χ3v) is 2.90. The molecule has 78 valence electrons. The van der Waals surface area contributed by atoms with Crippen molar-refractivity contribution in [3.63, 3.8) is 0 Å². The molecule has 0 aliphatic carbocycles. The van der Waals surface area contributed by atoms with Crippen LogP contribution in [0, 0.1) is 0 Å². The highest BCUT2D eigenvalue weighted by molar-refractivity contribution is 6.42. The lowest BCUT2D eigenvalue weighted by Crippen LogP contribution is -2.12. The SMILES string of the molecule is N[C@H](c1ccc(Cl)c(Cl)c1)c1ccn[nH]1. The van der Waals surface area contributed by atoms with Crippen LogP contribution < -0.4 is 5.73 Å². The second kappa shape index (κ2) is 4.23. The molecule has 3 nitrogen and oxygen atoms in total. The Labute approximate surface area is 97.2 Å². The maximum Gasteiger partial charge on any atom is 0.0721 e. The number of hydrogen-bond acceptors (Lipinski definition) is 2. The molecule has 0 aliphatic heterocycles. The third kappa shape index (κ3) is 2.15. The summed E-state index contributed by atoms with van der Waals surface area (Å²) in [4.78, 5) is 0. The molecule has 15 heavy (non-hydrogen) atoms. The summed E-state index contributed by atoms with van der Waals surface area (Å²) >= 11 is 11.7. The zero-order chi connectivity index (χ0) is 10.8. The maximum absolute atomic E-state index is 6.01. The molecule has 2 rings (SSSR count). The van der Waals surface area contributed by atoms with Crippen molar-refractivity contribution in [2.45, 2.75) is 6.04 Å². The second-order valence-corrected chi connectivity index (χ2v) is 3.98. The molecule has 0 bridgehead atoms. The molecule has 5 heteroatoms. The van der Waals surface area contributed by atoms with Crippen molar-refractivity contribution >= 4 is 23.2 Å². The number of aromatic nitrogens is 2. The molecule has 0 fully saturated rings.